The highest BCUT2D eigenvalue weighted by molar-refractivity contribution is 6.30. The maximum absolute atomic E-state index is 11.9. The zero-order valence-electron chi connectivity index (χ0n) is 9.73. The average Bonchev–Trinajstić information content (AvgIpc) is 2.78. The van der Waals surface area contributed by atoms with Crippen LogP contribution in [0, 0.1) is 11.8 Å². The van der Waals surface area contributed by atoms with Gasteiger partial charge in [0.2, 0.25) is 5.91 Å². The van der Waals surface area contributed by atoms with Crippen molar-refractivity contribution in [1.29, 1.82) is 0 Å². The molecule has 2 N–H and O–H groups in total. The molecular formula is C13H14ClNO3. The summed E-state index contributed by atoms with van der Waals surface area (Å²) >= 11 is 5.82. The summed E-state index contributed by atoms with van der Waals surface area (Å²) in [4.78, 5) is 22.8. The van der Waals surface area contributed by atoms with Gasteiger partial charge >= 0.3 is 5.97 Å². The lowest BCUT2D eigenvalue weighted by atomic mass is 10.0. The Labute approximate surface area is 110 Å². The van der Waals surface area contributed by atoms with Gasteiger partial charge in [-0.2, -0.15) is 0 Å². The predicted octanol–water partition coefficient (Wildman–Crippen LogP) is 2.78. The molecule has 1 aromatic rings. The lowest BCUT2D eigenvalue weighted by Crippen LogP contribution is -2.21. The van der Waals surface area contributed by atoms with Crippen molar-refractivity contribution in [2.45, 2.75) is 19.3 Å². The van der Waals surface area contributed by atoms with Gasteiger partial charge in [0.15, 0.2) is 0 Å². The van der Waals surface area contributed by atoms with E-state index in [4.69, 9.17) is 16.7 Å². The van der Waals surface area contributed by atoms with Crippen LogP contribution in [-0.2, 0) is 9.59 Å². The fourth-order valence-electron chi connectivity index (χ4n) is 2.25. The van der Waals surface area contributed by atoms with Crippen molar-refractivity contribution in [2.24, 2.45) is 11.8 Å². The molecule has 5 heteroatoms. The van der Waals surface area contributed by atoms with Crippen LogP contribution in [-0.4, -0.2) is 17.0 Å². The number of hydrogen-bond acceptors (Lipinski definition) is 2. The van der Waals surface area contributed by atoms with E-state index in [1.807, 2.05) is 0 Å². The highest BCUT2D eigenvalue weighted by Gasteiger charge is 2.33. The van der Waals surface area contributed by atoms with E-state index in [1.54, 1.807) is 24.3 Å². The number of benzene rings is 1. The van der Waals surface area contributed by atoms with Crippen LogP contribution in [0.1, 0.15) is 19.3 Å². The van der Waals surface area contributed by atoms with Crippen LogP contribution >= 0.6 is 11.6 Å². The molecule has 0 aliphatic heterocycles. The van der Waals surface area contributed by atoms with Crippen LogP contribution in [0.3, 0.4) is 0 Å². The van der Waals surface area contributed by atoms with Crippen LogP contribution in [0.15, 0.2) is 24.3 Å². The first-order chi connectivity index (χ1) is 8.56. The first-order valence-electron chi connectivity index (χ1n) is 5.85. The van der Waals surface area contributed by atoms with Gasteiger partial charge in [-0.1, -0.05) is 17.7 Å². The molecule has 96 valence electrons. The summed E-state index contributed by atoms with van der Waals surface area (Å²) in [5, 5.41) is 12.2. The number of halogens is 1. The van der Waals surface area contributed by atoms with Crippen molar-refractivity contribution in [3.63, 3.8) is 0 Å². The Balaban J connectivity index is 1.95. The molecule has 0 bridgehead atoms. The summed E-state index contributed by atoms with van der Waals surface area (Å²) in [6.07, 6.45) is 1.62. The lowest BCUT2D eigenvalue weighted by Gasteiger charge is -2.10. The molecule has 1 aliphatic rings. The number of aliphatic carboxylic acids is 1. The summed E-state index contributed by atoms with van der Waals surface area (Å²) in [7, 11) is 0. The van der Waals surface area contributed by atoms with E-state index in [0.29, 0.717) is 30.0 Å². The van der Waals surface area contributed by atoms with Gasteiger partial charge in [-0.05, 0) is 37.5 Å². The smallest absolute Gasteiger partial charge is 0.306 e. The Morgan fingerprint density at radius 2 is 2.00 bits per heavy atom. The summed E-state index contributed by atoms with van der Waals surface area (Å²) in [5.74, 6) is -1.54. The Hall–Kier alpha value is -1.55. The number of carbonyl (C=O) groups is 2. The van der Waals surface area contributed by atoms with Gasteiger partial charge in [0, 0.05) is 16.6 Å². The van der Waals surface area contributed by atoms with Crippen molar-refractivity contribution < 1.29 is 14.7 Å². The monoisotopic (exact) mass is 267 g/mol. The first-order valence-corrected chi connectivity index (χ1v) is 6.23. The second kappa shape index (κ2) is 5.40. The third-order valence-electron chi connectivity index (χ3n) is 3.24. The minimum absolute atomic E-state index is 0.124. The SMILES string of the molecule is O=C(O)C1CCC(C(=O)Nc2cccc(Cl)c2)C1. The standard InChI is InChI=1S/C13H14ClNO3/c14-10-2-1-3-11(7-10)15-12(16)8-4-5-9(6-8)13(17)18/h1-3,7-9H,4-6H2,(H,15,16)(H,17,18). The van der Waals surface area contributed by atoms with Crippen LogP contribution < -0.4 is 5.32 Å². The van der Waals surface area contributed by atoms with E-state index < -0.39 is 5.97 Å². The highest BCUT2D eigenvalue weighted by Crippen LogP contribution is 2.32. The Bertz CT molecular complexity index is 475. The van der Waals surface area contributed by atoms with E-state index in [0.717, 1.165) is 0 Å². The van der Waals surface area contributed by atoms with Crippen molar-refractivity contribution in [3.8, 4) is 0 Å². The molecule has 1 amide bonds. The Morgan fingerprint density at radius 1 is 1.28 bits per heavy atom. The Kier molecular flexibility index (Phi) is 3.87. The fourth-order valence-corrected chi connectivity index (χ4v) is 2.44. The van der Waals surface area contributed by atoms with Crippen LogP contribution in [0.5, 0.6) is 0 Å². The van der Waals surface area contributed by atoms with Gasteiger partial charge in [-0.15, -0.1) is 0 Å². The van der Waals surface area contributed by atoms with E-state index >= 15 is 0 Å². The number of rotatable bonds is 3. The van der Waals surface area contributed by atoms with Gasteiger partial charge in [0.25, 0.3) is 0 Å². The van der Waals surface area contributed by atoms with Gasteiger partial charge in [0.05, 0.1) is 5.92 Å². The van der Waals surface area contributed by atoms with Crippen LogP contribution in [0.2, 0.25) is 5.02 Å². The highest BCUT2D eigenvalue weighted by atomic mass is 35.5. The van der Waals surface area contributed by atoms with Crippen molar-refractivity contribution >= 4 is 29.2 Å². The average molecular weight is 268 g/mol. The maximum atomic E-state index is 11.9. The molecule has 0 radical (unpaired) electrons. The molecule has 1 fully saturated rings. The second-order valence-electron chi connectivity index (χ2n) is 4.54. The normalized spacial score (nSPS) is 22.7. The number of anilines is 1. The molecule has 1 saturated carbocycles. The summed E-state index contributed by atoms with van der Waals surface area (Å²) in [5.41, 5.74) is 0.645. The van der Waals surface area contributed by atoms with Crippen molar-refractivity contribution in [1.82, 2.24) is 0 Å². The van der Waals surface area contributed by atoms with Gasteiger partial charge in [0.1, 0.15) is 0 Å². The number of hydrogen-bond donors (Lipinski definition) is 2. The molecule has 4 nitrogen and oxygen atoms in total. The molecule has 2 atom stereocenters. The van der Waals surface area contributed by atoms with Crippen LogP contribution in [0.25, 0.3) is 0 Å². The fraction of sp³-hybridized carbons (Fsp3) is 0.385. The molecule has 0 spiro atoms. The molecule has 0 heterocycles. The topological polar surface area (TPSA) is 66.4 Å². The molecule has 18 heavy (non-hydrogen) atoms. The minimum Gasteiger partial charge on any atom is -0.481 e. The largest absolute Gasteiger partial charge is 0.481 e. The Morgan fingerprint density at radius 3 is 2.61 bits per heavy atom. The second-order valence-corrected chi connectivity index (χ2v) is 4.98. The molecule has 1 aliphatic carbocycles. The van der Waals surface area contributed by atoms with Gasteiger partial charge in [-0.25, -0.2) is 0 Å². The summed E-state index contributed by atoms with van der Waals surface area (Å²) in [6.45, 7) is 0. The molecule has 1 aromatic carbocycles. The number of carboxylic acids is 1. The molecule has 0 aromatic heterocycles. The summed E-state index contributed by atoms with van der Waals surface area (Å²) in [6, 6.07) is 6.91. The molecule has 0 saturated heterocycles. The third kappa shape index (κ3) is 3.01. The quantitative estimate of drug-likeness (QED) is 0.885. The molecule has 2 unspecified atom stereocenters. The first kappa shape index (κ1) is 12.9. The molecular weight excluding hydrogens is 254 g/mol. The maximum Gasteiger partial charge on any atom is 0.306 e. The lowest BCUT2D eigenvalue weighted by molar-refractivity contribution is -0.141. The number of carboxylic acid groups (broad SMARTS) is 1. The van der Waals surface area contributed by atoms with E-state index in [2.05, 4.69) is 5.32 Å². The minimum atomic E-state index is -0.812. The van der Waals surface area contributed by atoms with Crippen LogP contribution in [0.4, 0.5) is 5.69 Å². The van der Waals surface area contributed by atoms with E-state index in [1.165, 1.54) is 0 Å². The zero-order chi connectivity index (χ0) is 13.1. The van der Waals surface area contributed by atoms with Gasteiger partial charge in [-0.3, -0.25) is 9.59 Å². The van der Waals surface area contributed by atoms with Gasteiger partial charge < -0.3 is 10.4 Å². The van der Waals surface area contributed by atoms with E-state index in [9.17, 15) is 9.59 Å². The number of amides is 1. The molecule has 2 rings (SSSR count). The zero-order valence-corrected chi connectivity index (χ0v) is 10.5. The van der Waals surface area contributed by atoms with Crippen molar-refractivity contribution in [2.75, 3.05) is 5.32 Å². The summed E-state index contributed by atoms with van der Waals surface area (Å²) < 4.78 is 0. The number of nitrogens with one attached hydrogen (secondary N) is 1. The third-order valence-corrected chi connectivity index (χ3v) is 3.48. The van der Waals surface area contributed by atoms with E-state index in [-0.39, 0.29) is 17.7 Å². The predicted molar refractivity (Wildman–Crippen MR) is 68.5 cm³/mol. The van der Waals surface area contributed by atoms with Crippen molar-refractivity contribution in [3.05, 3.63) is 29.3 Å². The number of carbonyl (C=O) groups excluding carboxylic acids is 1.